The number of amides is 1. The standard InChI is InChI=1S/C10H21N3O/c1-8-5-4-6-13(8)7-10(2,3)9(14)12-11/h8H,4-7,11H2,1-3H3,(H,12,14). The third-order valence-corrected chi connectivity index (χ3v) is 3.03. The number of carbonyl (C=O) groups excluding carboxylic acids is 1. The van der Waals surface area contributed by atoms with Gasteiger partial charge in [-0.3, -0.25) is 15.1 Å². The highest BCUT2D eigenvalue weighted by molar-refractivity contribution is 5.81. The molecule has 1 rings (SSSR count). The third kappa shape index (κ3) is 2.45. The lowest BCUT2D eigenvalue weighted by Gasteiger charge is -2.30. The third-order valence-electron chi connectivity index (χ3n) is 3.03. The maximum Gasteiger partial charge on any atom is 0.240 e. The minimum absolute atomic E-state index is 0.0865. The second-order valence-electron chi connectivity index (χ2n) is 4.82. The van der Waals surface area contributed by atoms with Crippen LogP contribution in [0.3, 0.4) is 0 Å². The fourth-order valence-electron chi connectivity index (χ4n) is 2.00. The van der Waals surface area contributed by atoms with E-state index in [-0.39, 0.29) is 5.91 Å². The first-order chi connectivity index (χ1) is 6.47. The molecule has 0 aliphatic carbocycles. The topological polar surface area (TPSA) is 58.4 Å². The number of carbonyl (C=O) groups is 1. The van der Waals surface area contributed by atoms with E-state index in [9.17, 15) is 4.79 Å². The molecule has 1 aliphatic heterocycles. The number of nitrogens with zero attached hydrogens (tertiary/aromatic N) is 1. The lowest BCUT2D eigenvalue weighted by Crippen LogP contribution is -2.47. The van der Waals surface area contributed by atoms with Gasteiger partial charge in [0.15, 0.2) is 0 Å². The SMILES string of the molecule is CC1CCCN1CC(C)(C)C(=O)NN. The molecule has 0 aromatic rings. The number of hydrogen-bond acceptors (Lipinski definition) is 3. The maximum absolute atomic E-state index is 11.5. The average Bonchev–Trinajstić information content (AvgIpc) is 2.50. The van der Waals surface area contributed by atoms with Crippen LogP contribution in [0.5, 0.6) is 0 Å². The van der Waals surface area contributed by atoms with Gasteiger partial charge in [0.1, 0.15) is 0 Å². The Morgan fingerprint density at radius 2 is 2.29 bits per heavy atom. The molecule has 1 amide bonds. The molecule has 1 aliphatic rings. The Balaban J connectivity index is 2.53. The van der Waals surface area contributed by atoms with Crippen LogP contribution in [0.2, 0.25) is 0 Å². The summed E-state index contributed by atoms with van der Waals surface area (Å²) < 4.78 is 0. The molecule has 82 valence electrons. The van der Waals surface area contributed by atoms with Crippen molar-refractivity contribution in [2.75, 3.05) is 13.1 Å². The summed E-state index contributed by atoms with van der Waals surface area (Å²) in [7, 11) is 0. The van der Waals surface area contributed by atoms with Gasteiger partial charge in [-0.05, 0) is 40.2 Å². The van der Waals surface area contributed by atoms with Gasteiger partial charge < -0.3 is 0 Å². The first-order valence-corrected chi connectivity index (χ1v) is 5.22. The lowest BCUT2D eigenvalue weighted by molar-refractivity contribution is -0.130. The molecule has 4 nitrogen and oxygen atoms in total. The van der Waals surface area contributed by atoms with Crippen molar-refractivity contribution in [2.45, 2.75) is 39.7 Å². The first kappa shape index (κ1) is 11.5. The summed E-state index contributed by atoms with van der Waals surface area (Å²) in [6, 6.07) is 0.597. The van der Waals surface area contributed by atoms with Gasteiger partial charge in [0, 0.05) is 12.6 Å². The molecule has 14 heavy (non-hydrogen) atoms. The Morgan fingerprint density at radius 3 is 2.71 bits per heavy atom. The van der Waals surface area contributed by atoms with E-state index in [1.165, 1.54) is 12.8 Å². The van der Waals surface area contributed by atoms with Crippen molar-refractivity contribution >= 4 is 5.91 Å². The molecule has 0 spiro atoms. The number of likely N-dealkylation sites (tertiary alicyclic amines) is 1. The Hall–Kier alpha value is -0.610. The summed E-state index contributed by atoms with van der Waals surface area (Å²) in [6.45, 7) is 7.96. The fourth-order valence-corrected chi connectivity index (χ4v) is 2.00. The number of hydrogen-bond donors (Lipinski definition) is 2. The van der Waals surface area contributed by atoms with E-state index in [1.54, 1.807) is 0 Å². The Labute approximate surface area is 85.8 Å². The summed E-state index contributed by atoms with van der Waals surface area (Å²) in [5, 5.41) is 0. The smallest absolute Gasteiger partial charge is 0.240 e. The normalized spacial score (nSPS) is 23.9. The van der Waals surface area contributed by atoms with Crippen molar-refractivity contribution in [3.63, 3.8) is 0 Å². The molecule has 1 atom stereocenters. The predicted octanol–water partition coefficient (Wildman–Crippen LogP) is 0.487. The van der Waals surface area contributed by atoms with Crippen LogP contribution < -0.4 is 11.3 Å². The molecule has 4 heteroatoms. The second-order valence-corrected chi connectivity index (χ2v) is 4.82. The average molecular weight is 199 g/mol. The number of hydrazine groups is 1. The van der Waals surface area contributed by atoms with Crippen LogP contribution in [0.25, 0.3) is 0 Å². The number of nitrogens with one attached hydrogen (secondary N) is 1. The highest BCUT2D eigenvalue weighted by atomic mass is 16.2. The van der Waals surface area contributed by atoms with Gasteiger partial charge in [-0.15, -0.1) is 0 Å². The van der Waals surface area contributed by atoms with Crippen molar-refractivity contribution in [2.24, 2.45) is 11.3 Å². The maximum atomic E-state index is 11.5. The zero-order valence-corrected chi connectivity index (χ0v) is 9.34. The number of nitrogens with two attached hydrogens (primary N) is 1. The monoisotopic (exact) mass is 199 g/mol. The first-order valence-electron chi connectivity index (χ1n) is 5.22. The highest BCUT2D eigenvalue weighted by Crippen LogP contribution is 2.23. The van der Waals surface area contributed by atoms with E-state index in [4.69, 9.17) is 5.84 Å². The van der Waals surface area contributed by atoms with Crippen molar-refractivity contribution in [3.8, 4) is 0 Å². The van der Waals surface area contributed by atoms with Gasteiger partial charge in [0.05, 0.1) is 5.41 Å². The molecule has 1 unspecified atom stereocenters. The van der Waals surface area contributed by atoms with E-state index in [1.807, 2.05) is 13.8 Å². The Kier molecular flexibility index (Phi) is 3.50. The summed E-state index contributed by atoms with van der Waals surface area (Å²) >= 11 is 0. The van der Waals surface area contributed by atoms with Crippen LogP contribution >= 0.6 is 0 Å². The van der Waals surface area contributed by atoms with Gasteiger partial charge in [-0.1, -0.05) is 0 Å². The summed E-state index contributed by atoms with van der Waals surface area (Å²) in [6.07, 6.45) is 2.47. The van der Waals surface area contributed by atoms with Crippen LogP contribution in [0, 0.1) is 5.41 Å². The summed E-state index contributed by atoms with van der Waals surface area (Å²) in [5.74, 6) is 5.06. The van der Waals surface area contributed by atoms with Crippen LogP contribution in [-0.2, 0) is 4.79 Å². The largest absolute Gasteiger partial charge is 0.300 e. The lowest BCUT2D eigenvalue weighted by atomic mass is 9.91. The minimum atomic E-state index is -0.395. The molecule has 3 N–H and O–H groups in total. The van der Waals surface area contributed by atoms with E-state index in [2.05, 4.69) is 17.2 Å². The van der Waals surface area contributed by atoms with E-state index >= 15 is 0 Å². The highest BCUT2D eigenvalue weighted by Gasteiger charge is 2.32. The molecule has 0 aromatic heterocycles. The van der Waals surface area contributed by atoms with Gasteiger partial charge in [0.25, 0.3) is 0 Å². The van der Waals surface area contributed by atoms with Crippen LogP contribution in [0.15, 0.2) is 0 Å². The molecule has 0 bridgehead atoms. The van der Waals surface area contributed by atoms with Crippen LogP contribution in [0.4, 0.5) is 0 Å². The summed E-state index contributed by atoms with van der Waals surface area (Å²) in [5.41, 5.74) is 1.83. The molecule has 1 saturated heterocycles. The van der Waals surface area contributed by atoms with E-state index in [0.717, 1.165) is 13.1 Å². The molecular formula is C10H21N3O. The zero-order valence-electron chi connectivity index (χ0n) is 9.34. The minimum Gasteiger partial charge on any atom is -0.300 e. The predicted molar refractivity (Wildman–Crippen MR) is 56.4 cm³/mol. The van der Waals surface area contributed by atoms with Crippen LogP contribution in [0.1, 0.15) is 33.6 Å². The quantitative estimate of drug-likeness (QED) is 0.395. The Morgan fingerprint density at radius 1 is 1.64 bits per heavy atom. The van der Waals surface area contributed by atoms with Crippen molar-refractivity contribution in [3.05, 3.63) is 0 Å². The van der Waals surface area contributed by atoms with E-state index < -0.39 is 5.41 Å². The molecule has 1 heterocycles. The van der Waals surface area contributed by atoms with Gasteiger partial charge in [0.2, 0.25) is 5.91 Å². The van der Waals surface area contributed by atoms with Gasteiger partial charge in [-0.2, -0.15) is 0 Å². The van der Waals surface area contributed by atoms with Crippen molar-refractivity contribution in [1.82, 2.24) is 10.3 Å². The van der Waals surface area contributed by atoms with Gasteiger partial charge >= 0.3 is 0 Å². The van der Waals surface area contributed by atoms with Gasteiger partial charge in [-0.25, -0.2) is 5.84 Å². The molecule has 1 fully saturated rings. The zero-order chi connectivity index (χ0) is 10.8. The Bertz CT molecular complexity index is 215. The van der Waals surface area contributed by atoms with Crippen molar-refractivity contribution in [1.29, 1.82) is 0 Å². The van der Waals surface area contributed by atoms with Crippen LogP contribution in [-0.4, -0.2) is 29.9 Å². The summed E-state index contributed by atoms with van der Waals surface area (Å²) in [4.78, 5) is 13.8. The van der Waals surface area contributed by atoms with Crippen molar-refractivity contribution < 1.29 is 4.79 Å². The second kappa shape index (κ2) is 4.28. The molecule has 0 saturated carbocycles. The molecular weight excluding hydrogens is 178 g/mol. The van der Waals surface area contributed by atoms with E-state index in [0.29, 0.717) is 6.04 Å². The number of rotatable bonds is 3. The fraction of sp³-hybridized carbons (Fsp3) is 0.900. The molecule has 0 radical (unpaired) electrons. The molecule has 0 aromatic carbocycles.